The molecular formula is C30H26ClF4N5O3. The number of pyridine rings is 2. The summed E-state index contributed by atoms with van der Waals surface area (Å²) in [4.78, 5) is 49.5. The average Bonchev–Trinajstić information content (AvgIpc) is 2.93. The van der Waals surface area contributed by atoms with E-state index in [2.05, 4.69) is 16.5 Å². The van der Waals surface area contributed by atoms with Crippen molar-refractivity contribution in [2.75, 3.05) is 13.1 Å². The lowest BCUT2D eigenvalue weighted by Gasteiger charge is -2.44. The number of hydrogen-bond donors (Lipinski definition) is 0. The van der Waals surface area contributed by atoms with Crippen LogP contribution in [0.5, 0.6) is 0 Å². The molecule has 0 aliphatic carbocycles. The molecule has 8 nitrogen and oxygen atoms in total. The fourth-order valence-electron chi connectivity index (χ4n) is 5.33. The van der Waals surface area contributed by atoms with E-state index < -0.39 is 41.0 Å². The van der Waals surface area contributed by atoms with E-state index in [0.29, 0.717) is 11.3 Å². The molecule has 1 aromatic carbocycles. The summed E-state index contributed by atoms with van der Waals surface area (Å²) in [5.41, 5.74) is -4.96. The van der Waals surface area contributed by atoms with Gasteiger partial charge in [0.2, 0.25) is 5.91 Å². The molecule has 0 radical (unpaired) electrons. The first-order valence-corrected chi connectivity index (χ1v) is 13.6. The van der Waals surface area contributed by atoms with E-state index in [4.69, 9.17) is 11.6 Å². The molecule has 0 unspecified atom stereocenters. The van der Waals surface area contributed by atoms with Gasteiger partial charge in [0, 0.05) is 11.8 Å². The van der Waals surface area contributed by atoms with Crippen LogP contribution in [0.1, 0.15) is 36.6 Å². The standard InChI is InChI=1S/C30H26ClF4N5O3/c1-5-22(41)38-13-29(32,14-38)15-39-21-12-20(31)24(18-8-6-7-9-19(18)30(33,34)35)37-26(21)40(28(43)27(39)42)25-17(4)10-11-36-23(25)16(2)3/h5-12,16H,1,13-15H2,2-4H3. The SMILES string of the molecule is C=CC(=O)N1CC(F)(Cn2c(=O)c(=O)n(-c3c(C)ccnc3C(C)C)c3nc(-c4ccccc4C(F)(F)F)c(Cl)cc32)C1. The van der Waals surface area contributed by atoms with E-state index in [0.717, 1.165) is 21.3 Å². The van der Waals surface area contributed by atoms with Crippen molar-refractivity contribution in [1.29, 1.82) is 0 Å². The first-order chi connectivity index (χ1) is 20.2. The van der Waals surface area contributed by atoms with Gasteiger partial charge in [0.25, 0.3) is 0 Å². The van der Waals surface area contributed by atoms with Crippen molar-refractivity contribution in [3.8, 4) is 16.9 Å². The predicted octanol–water partition coefficient (Wildman–Crippen LogP) is 5.45. The first-order valence-electron chi connectivity index (χ1n) is 13.3. The number of likely N-dealkylation sites (tertiary alicyclic amines) is 1. The fourth-order valence-corrected chi connectivity index (χ4v) is 5.58. The summed E-state index contributed by atoms with van der Waals surface area (Å²) in [7, 11) is 0. The van der Waals surface area contributed by atoms with Crippen LogP contribution in [-0.4, -0.2) is 48.7 Å². The van der Waals surface area contributed by atoms with E-state index >= 15 is 4.39 Å². The molecule has 1 amide bonds. The number of carbonyl (C=O) groups is 1. The van der Waals surface area contributed by atoms with E-state index in [1.165, 1.54) is 35.4 Å². The quantitative estimate of drug-likeness (QED) is 0.164. The van der Waals surface area contributed by atoms with Crippen molar-refractivity contribution in [3.05, 3.63) is 97.8 Å². The Balaban J connectivity index is 1.85. The van der Waals surface area contributed by atoms with E-state index in [-0.39, 0.29) is 52.1 Å². The van der Waals surface area contributed by atoms with Gasteiger partial charge < -0.3 is 4.90 Å². The molecule has 5 rings (SSSR count). The Kier molecular flexibility index (Phi) is 7.54. The molecule has 0 bridgehead atoms. The van der Waals surface area contributed by atoms with Crippen molar-refractivity contribution in [3.63, 3.8) is 0 Å². The maximum atomic E-state index is 15.8. The third-order valence-electron chi connectivity index (χ3n) is 7.36. The molecule has 0 N–H and O–H groups in total. The van der Waals surface area contributed by atoms with Gasteiger partial charge in [0.15, 0.2) is 11.3 Å². The number of halogens is 5. The first kappa shape index (κ1) is 30.1. The minimum Gasteiger partial charge on any atom is -0.332 e. The lowest BCUT2D eigenvalue weighted by atomic mass is 9.95. The summed E-state index contributed by atoms with van der Waals surface area (Å²) in [6.45, 7) is 7.39. The normalized spacial score (nSPS) is 14.7. The van der Waals surface area contributed by atoms with Crippen LogP contribution in [0.2, 0.25) is 5.02 Å². The van der Waals surface area contributed by atoms with Crippen LogP contribution in [0.15, 0.2) is 64.8 Å². The maximum Gasteiger partial charge on any atom is 0.417 e. The Morgan fingerprint density at radius 1 is 1.16 bits per heavy atom. The highest BCUT2D eigenvalue weighted by molar-refractivity contribution is 6.33. The minimum absolute atomic E-state index is 0.0775. The smallest absolute Gasteiger partial charge is 0.332 e. The second kappa shape index (κ2) is 10.7. The zero-order valence-corrected chi connectivity index (χ0v) is 24.1. The Hall–Kier alpha value is -4.32. The summed E-state index contributed by atoms with van der Waals surface area (Å²) < 4.78 is 59.6. The highest BCUT2D eigenvalue weighted by Gasteiger charge is 2.46. The number of aryl methyl sites for hydroxylation is 1. The van der Waals surface area contributed by atoms with Crippen LogP contribution in [0, 0.1) is 6.92 Å². The minimum atomic E-state index is -4.75. The summed E-state index contributed by atoms with van der Waals surface area (Å²) in [5.74, 6) is -0.721. The van der Waals surface area contributed by atoms with Crippen LogP contribution in [0.3, 0.4) is 0 Å². The highest BCUT2D eigenvalue weighted by atomic mass is 35.5. The number of carbonyl (C=O) groups excluding carboxylic acids is 1. The van der Waals surface area contributed by atoms with E-state index in [1.807, 2.05) is 13.8 Å². The van der Waals surface area contributed by atoms with Gasteiger partial charge in [-0.1, -0.05) is 50.2 Å². The van der Waals surface area contributed by atoms with Gasteiger partial charge >= 0.3 is 17.3 Å². The molecule has 0 spiro atoms. The molecule has 1 aliphatic heterocycles. The third kappa shape index (κ3) is 5.24. The van der Waals surface area contributed by atoms with Crippen LogP contribution in [0.4, 0.5) is 17.6 Å². The number of hydrogen-bond acceptors (Lipinski definition) is 5. The molecule has 0 saturated carbocycles. The zero-order chi connectivity index (χ0) is 31.4. The Morgan fingerprint density at radius 3 is 2.47 bits per heavy atom. The van der Waals surface area contributed by atoms with Gasteiger partial charge in [0.05, 0.1) is 52.8 Å². The number of aromatic nitrogens is 4. The molecule has 3 aromatic heterocycles. The van der Waals surface area contributed by atoms with Gasteiger partial charge in [-0.3, -0.25) is 28.5 Å². The average molecular weight is 616 g/mol. The lowest BCUT2D eigenvalue weighted by molar-refractivity contribution is -0.141. The number of benzene rings is 1. The Bertz CT molecular complexity index is 1910. The summed E-state index contributed by atoms with van der Waals surface area (Å²) in [5, 5.41) is -0.250. The molecule has 1 fully saturated rings. The Labute approximate surface area is 247 Å². The van der Waals surface area contributed by atoms with Crippen molar-refractivity contribution in [2.24, 2.45) is 0 Å². The van der Waals surface area contributed by atoms with Crippen LogP contribution in [0.25, 0.3) is 28.1 Å². The van der Waals surface area contributed by atoms with Crippen molar-refractivity contribution >= 4 is 28.7 Å². The molecule has 4 heterocycles. The van der Waals surface area contributed by atoms with E-state index in [1.54, 1.807) is 13.0 Å². The summed E-state index contributed by atoms with van der Waals surface area (Å²) in [6.07, 6.45) is -2.17. The molecule has 1 saturated heterocycles. The number of rotatable bonds is 6. The molecule has 43 heavy (non-hydrogen) atoms. The zero-order valence-electron chi connectivity index (χ0n) is 23.4. The van der Waals surface area contributed by atoms with E-state index in [9.17, 15) is 27.6 Å². The largest absolute Gasteiger partial charge is 0.417 e. The van der Waals surface area contributed by atoms with Gasteiger partial charge in [0.1, 0.15) is 0 Å². The second-order valence-electron chi connectivity index (χ2n) is 10.8. The number of nitrogens with zero attached hydrogens (tertiary/aromatic N) is 5. The van der Waals surface area contributed by atoms with Crippen molar-refractivity contribution < 1.29 is 22.4 Å². The second-order valence-corrected chi connectivity index (χ2v) is 11.2. The molecular weight excluding hydrogens is 590 g/mol. The lowest BCUT2D eigenvalue weighted by Crippen LogP contribution is -2.63. The van der Waals surface area contributed by atoms with Crippen LogP contribution in [-0.2, 0) is 17.5 Å². The monoisotopic (exact) mass is 615 g/mol. The number of fused-ring (bicyclic) bond motifs is 1. The predicted molar refractivity (Wildman–Crippen MR) is 154 cm³/mol. The van der Waals surface area contributed by atoms with Gasteiger partial charge in [-0.2, -0.15) is 13.2 Å². The topological polar surface area (TPSA) is 90.1 Å². The maximum absolute atomic E-state index is 15.8. The fraction of sp³-hybridized carbons (Fsp3) is 0.300. The molecule has 13 heteroatoms. The van der Waals surface area contributed by atoms with Gasteiger partial charge in [-0.05, 0) is 42.7 Å². The molecule has 224 valence electrons. The van der Waals surface area contributed by atoms with Crippen LogP contribution >= 0.6 is 11.6 Å². The van der Waals surface area contributed by atoms with Crippen LogP contribution < -0.4 is 11.1 Å². The highest BCUT2D eigenvalue weighted by Crippen LogP contribution is 2.40. The number of amides is 1. The van der Waals surface area contributed by atoms with Crippen molar-refractivity contribution in [1.82, 2.24) is 24.0 Å². The molecule has 0 atom stereocenters. The number of alkyl halides is 4. The summed E-state index contributed by atoms with van der Waals surface area (Å²) >= 11 is 6.54. The summed E-state index contributed by atoms with van der Waals surface area (Å²) in [6, 6.07) is 7.53. The molecule has 4 aromatic rings. The van der Waals surface area contributed by atoms with Gasteiger partial charge in [-0.15, -0.1) is 0 Å². The Morgan fingerprint density at radius 2 is 1.84 bits per heavy atom. The van der Waals surface area contributed by atoms with Crippen molar-refractivity contribution in [2.45, 2.75) is 45.1 Å². The third-order valence-corrected chi connectivity index (χ3v) is 7.65. The molecule has 1 aliphatic rings. The van der Waals surface area contributed by atoms with Gasteiger partial charge in [-0.25, -0.2) is 9.37 Å².